The molecule has 0 saturated heterocycles. The molecule has 0 aliphatic heterocycles. The number of aromatic nitrogens is 2. The highest BCUT2D eigenvalue weighted by molar-refractivity contribution is 7.82. The SMILES string of the molecule is N#CC(S)C(=O)c1ccncn1. The average Bonchev–Trinajstić information content (AvgIpc) is 2.17. The summed E-state index contributed by atoms with van der Waals surface area (Å²) in [4.78, 5) is 18.5. The number of carbonyl (C=O) groups is 1. The van der Waals surface area contributed by atoms with E-state index in [4.69, 9.17) is 5.26 Å². The molecular weight excluding hydrogens is 174 g/mol. The summed E-state index contributed by atoms with van der Waals surface area (Å²) in [5.41, 5.74) is 0.214. The molecule has 0 N–H and O–H groups in total. The molecule has 0 aliphatic rings. The van der Waals surface area contributed by atoms with Crippen LogP contribution >= 0.6 is 12.6 Å². The Kier molecular flexibility index (Phi) is 2.77. The van der Waals surface area contributed by atoms with Crippen LogP contribution < -0.4 is 0 Å². The van der Waals surface area contributed by atoms with E-state index in [0.717, 1.165) is 0 Å². The third-order valence-corrected chi connectivity index (χ3v) is 1.56. The van der Waals surface area contributed by atoms with Gasteiger partial charge in [-0.25, -0.2) is 9.97 Å². The molecule has 1 aromatic rings. The van der Waals surface area contributed by atoms with Gasteiger partial charge in [0.05, 0.1) is 6.07 Å². The van der Waals surface area contributed by atoms with Crippen molar-refractivity contribution >= 4 is 18.4 Å². The predicted molar refractivity (Wildman–Crippen MR) is 44.7 cm³/mol. The molecule has 0 saturated carbocycles. The van der Waals surface area contributed by atoms with Crippen LogP contribution in [0.1, 0.15) is 10.5 Å². The van der Waals surface area contributed by atoms with Crippen molar-refractivity contribution < 1.29 is 4.79 Å². The van der Waals surface area contributed by atoms with Crippen molar-refractivity contribution in [2.45, 2.75) is 5.25 Å². The summed E-state index contributed by atoms with van der Waals surface area (Å²) in [7, 11) is 0. The Labute approximate surface area is 74.7 Å². The highest BCUT2D eigenvalue weighted by Crippen LogP contribution is 2.02. The predicted octanol–water partition coefficient (Wildman–Crippen LogP) is 0.481. The summed E-state index contributed by atoms with van der Waals surface area (Å²) >= 11 is 3.77. The number of ketones is 1. The lowest BCUT2D eigenvalue weighted by Gasteiger charge is -1.97. The van der Waals surface area contributed by atoms with Crippen LogP contribution in [-0.2, 0) is 0 Å². The van der Waals surface area contributed by atoms with E-state index in [1.54, 1.807) is 6.07 Å². The molecule has 1 atom stereocenters. The smallest absolute Gasteiger partial charge is 0.208 e. The molecule has 0 fully saturated rings. The largest absolute Gasteiger partial charge is 0.290 e. The van der Waals surface area contributed by atoms with Crippen LogP contribution in [0, 0.1) is 11.3 Å². The van der Waals surface area contributed by atoms with Crippen LogP contribution in [0.3, 0.4) is 0 Å². The van der Waals surface area contributed by atoms with E-state index in [1.165, 1.54) is 18.6 Å². The van der Waals surface area contributed by atoms with Crippen molar-refractivity contribution in [3.8, 4) is 6.07 Å². The van der Waals surface area contributed by atoms with Crippen molar-refractivity contribution in [1.82, 2.24) is 9.97 Å². The maximum atomic E-state index is 11.2. The minimum Gasteiger partial charge on any atom is -0.290 e. The van der Waals surface area contributed by atoms with E-state index in [9.17, 15) is 4.79 Å². The second kappa shape index (κ2) is 3.83. The minimum absolute atomic E-state index is 0.214. The van der Waals surface area contributed by atoms with Gasteiger partial charge in [-0.05, 0) is 6.07 Å². The quantitative estimate of drug-likeness (QED) is 0.529. The van der Waals surface area contributed by atoms with E-state index < -0.39 is 11.0 Å². The first kappa shape index (κ1) is 8.68. The first-order valence-electron chi connectivity index (χ1n) is 3.13. The second-order valence-corrected chi connectivity index (χ2v) is 2.51. The fourth-order valence-corrected chi connectivity index (χ4v) is 0.767. The van der Waals surface area contributed by atoms with Gasteiger partial charge in [0.25, 0.3) is 0 Å². The first-order valence-corrected chi connectivity index (χ1v) is 3.65. The van der Waals surface area contributed by atoms with Crippen LogP contribution in [0.25, 0.3) is 0 Å². The summed E-state index contributed by atoms with van der Waals surface area (Å²) in [6.45, 7) is 0. The lowest BCUT2D eigenvalue weighted by molar-refractivity contribution is 0.0998. The summed E-state index contributed by atoms with van der Waals surface area (Å²) < 4.78 is 0. The molecule has 0 aromatic carbocycles. The lowest BCUT2D eigenvalue weighted by atomic mass is 10.2. The van der Waals surface area contributed by atoms with Crippen molar-refractivity contribution in [3.63, 3.8) is 0 Å². The third-order valence-electron chi connectivity index (χ3n) is 1.21. The van der Waals surface area contributed by atoms with E-state index >= 15 is 0 Å². The van der Waals surface area contributed by atoms with E-state index in [1.807, 2.05) is 0 Å². The minimum atomic E-state index is -0.945. The van der Waals surface area contributed by atoms with Gasteiger partial charge in [-0.3, -0.25) is 4.79 Å². The van der Waals surface area contributed by atoms with Gasteiger partial charge in [0.2, 0.25) is 5.78 Å². The highest BCUT2D eigenvalue weighted by Gasteiger charge is 2.15. The van der Waals surface area contributed by atoms with Gasteiger partial charge in [0.1, 0.15) is 12.0 Å². The normalized spacial score (nSPS) is 11.7. The van der Waals surface area contributed by atoms with Gasteiger partial charge in [0.15, 0.2) is 5.25 Å². The summed E-state index contributed by atoms with van der Waals surface area (Å²) in [6, 6.07) is 3.16. The maximum absolute atomic E-state index is 11.2. The number of hydrogen-bond acceptors (Lipinski definition) is 5. The second-order valence-electron chi connectivity index (χ2n) is 1.99. The Hall–Kier alpha value is -1.41. The zero-order valence-electron chi connectivity index (χ0n) is 6.01. The van der Waals surface area contributed by atoms with Gasteiger partial charge < -0.3 is 0 Å². The van der Waals surface area contributed by atoms with Crippen LogP contribution in [-0.4, -0.2) is 21.0 Å². The molecule has 1 heterocycles. The van der Waals surface area contributed by atoms with E-state index in [0.29, 0.717) is 0 Å². The van der Waals surface area contributed by atoms with Crippen molar-refractivity contribution in [2.75, 3.05) is 0 Å². The molecule has 1 rings (SSSR count). The van der Waals surface area contributed by atoms with Gasteiger partial charge in [0, 0.05) is 6.20 Å². The Balaban J connectivity index is 2.88. The summed E-state index contributed by atoms with van der Waals surface area (Å²) in [5, 5.41) is 7.43. The first-order chi connectivity index (χ1) is 5.75. The molecule has 5 heteroatoms. The molecule has 4 nitrogen and oxygen atoms in total. The Bertz CT molecular complexity index is 319. The lowest BCUT2D eigenvalue weighted by Crippen LogP contribution is -2.13. The average molecular weight is 179 g/mol. The molecular formula is C7H5N3OS. The maximum Gasteiger partial charge on any atom is 0.208 e. The zero-order valence-corrected chi connectivity index (χ0v) is 6.90. The number of thiol groups is 1. The Morgan fingerprint density at radius 3 is 3.00 bits per heavy atom. The number of nitriles is 1. The third kappa shape index (κ3) is 1.80. The Morgan fingerprint density at radius 2 is 2.50 bits per heavy atom. The molecule has 0 aliphatic carbocycles. The standard InChI is InChI=1S/C7H5N3OS/c8-3-6(12)7(11)5-1-2-9-4-10-5/h1-2,4,6,12H. The monoisotopic (exact) mass is 179 g/mol. The van der Waals surface area contributed by atoms with Gasteiger partial charge >= 0.3 is 0 Å². The number of hydrogen-bond donors (Lipinski definition) is 1. The zero-order chi connectivity index (χ0) is 8.97. The molecule has 12 heavy (non-hydrogen) atoms. The number of carbonyl (C=O) groups excluding carboxylic acids is 1. The molecule has 1 unspecified atom stereocenters. The fourth-order valence-electron chi connectivity index (χ4n) is 0.635. The number of rotatable bonds is 2. The van der Waals surface area contributed by atoms with Crippen molar-refractivity contribution in [1.29, 1.82) is 5.26 Å². The van der Waals surface area contributed by atoms with E-state index in [2.05, 4.69) is 22.6 Å². The summed E-state index contributed by atoms with van der Waals surface area (Å²) in [6.07, 6.45) is 2.70. The van der Waals surface area contributed by atoms with Crippen LogP contribution in [0.15, 0.2) is 18.6 Å². The van der Waals surface area contributed by atoms with Gasteiger partial charge in [-0.1, -0.05) is 0 Å². The van der Waals surface area contributed by atoms with Crippen LogP contribution in [0.2, 0.25) is 0 Å². The molecule has 0 amide bonds. The topological polar surface area (TPSA) is 66.6 Å². The van der Waals surface area contributed by atoms with Crippen molar-refractivity contribution in [2.24, 2.45) is 0 Å². The fraction of sp³-hybridized carbons (Fsp3) is 0.143. The van der Waals surface area contributed by atoms with Crippen LogP contribution in [0.5, 0.6) is 0 Å². The Morgan fingerprint density at radius 1 is 1.75 bits per heavy atom. The van der Waals surface area contributed by atoms with Crippen molar-refractivity contribution in [3.05, 3.63) is 24.3 Å². The highest BCUT2D eigenvalue weighted by atomic mass is 32.1. The molecule has 0 spiro atoms. The number of nitrogens with zero attached hydrogens (tertiary/aromatic N) is 3. The molecule has 60 valence electrons. The van der Waals surface area contributed by atoms with Crippen LogP contribution in [0.4, 0.5) is 0 Å². The van der Waals surface area contributed by atoms with Gasteiger partial charge in [-0.15, -0.1) is 0 Å². The number of Topliss-reactive ketones (excluding diaryl/α,β-unsaturated/α-hetero) is 1. The van der Waals surface area contributed by atoms with E-state index in [-0.39, 0.29) is 5.69 Å². The molecule has 1 aromatic heterocycles. The van der Waals surface area contributed by atoms with Gasteiger partial charge in [-0.2, -0.15) is 17.9 Å². The molecule has 0 radical (unpaired) electrons. The molecule has 0 bridgehead atoms. The summed E-state index contributed by atoms with van der Waals surface area (Å²) in [5.74, 6) is -0.400.